The third-order valence-corrected chi connectivity index (χ3v) is 1.75. The Balaban J connectivity index is 0. The van der Waals surface area contributed by atoms with Crippen LogP contribution < -0.4 is 42.8 Å². The molecule has 1 rings (SSSR count). The van der Waals surface area contributed by atoms with E-state index in [1.54, 1.807) is 0 Å². The van der Waals surface area contributed by atoms with Gasteiger partial charge in [0.15, 0.2) is 0 Å². The summed E-state index contributed by atoms with van der Waals surface area (Å²) < 4.78 is 0. The summed E-state index contributed by atoms with van der Waals surface area (Å²) in [5, 5.41) is 11.3. The van der Waals surface area contributed by atoms with Crippen LogP contribution in [-0.4, -0.2) is 6.10 Å². The van der Waals surface area contributed by atoms with Crippen molar-refractivity contribution in [2.75, 3.05) is 0 Å². The second-order valence-corrected chi connectivity index (χ2v) is 3.92. The van der Waals surface area contributed by atoms with Crippen molar-refractivity contribution < 1.29 is 42.8 Å². The molecule has 54 valence electrons. The van der Waals surface area contributed by atoms with Crippen LogP contribution in [0.3, 0.4) is 0 Å². The Hall–Kier alpha value is 1.15. The fourth-order valence-electron chi connectivity index (χ4n) is 0.968. The minimum atomic E-state index is -0.377. The summed E-state index contributed by atoms with van der Waals surface area (Å²) in [6.45, 7) is 6.03. The molecule has 0 aromatic rings. The van der Waals surface area contributed by atoms with Gasteiger partial charge in [0.05, 0.1) is 0 Å². The molecule has 11 heavy (non-hydrogen) atoms. The summed E-state index contributed by atoms with van der Waals surface area (Å²) in [5.74, 6) is 0.380. The first-order valence-corrected chi connectivity index (χ1v) is 3.51. The number of hydrogen-bond acceptors (Lipinski definition) is 1. The zero-order valence-electron chi connectivity index (χ0n) is 8.35. The fraction of sp³-hybridized carbons (Fsp3) is 0.875. The van der Waals surface area contributed by atoms with E-state index >= 15 is 0 Å². The molecular weight excluding hydrogens is 126 g/mol. The largest absolute Gasteiger partial charge is 1.00 e. The molecule has 0 aliphatic heterocycles. The summed E-state index contributed by atoms with van der Waals surface area (Å²) in [4.78, 5) is 0. The van der Waals surface area contributed by atoms with E-state index in [2.05, 4.69) is 6.42 Å². The van der Waals surface area contributed by atoms with E-state index in [-0.39, 0.29) is 49.2 Å². The van der Waals surface area contributed by atoms with Gasteiger partial charge in [0.25, 0.3) is 0 Å². The van der Waals surface area contributed by atoms with Crippen LogP contribution in [-0.2, 0) is 0 Å². The average molecular weight is 140 g/mol. The van der Waals surface area contributed by atoms with Crippen LogP contribution in [0, 0.1) is 17.8 Å². The predicted molar refractivity (Wildman–Crippen MR) is 35.6 cm³/mol. The molecule has 1 saturated carbocycles. The standard InChI is InChI=1S/C8H14O.2Li/c1-8(2,3)7(9)6-4-5-6;;/h4,6-7H,5H2,1-3H3;;/q-2;2*+1/t6-,7?;;/m1../s1. The van der Waals surface area contributed by atoms with Gasteiger partial charge < -0.3 is 11.5 Å². The molecule has 0 heterocycles. The Morgan fingerprint density at radius 3 is 1.82 bits per heavy atom. The average Bonchev–Trinajstić information content (AvgIpc) is 2.40. The van der Waals surface area contributed by atoms with Crippen LogP contribution in [0.15, 0.2) is 0 Å². The normalized spacial score (nSPS) is 24.5. The summed E-state index contributed by atoms with van der Waals surface area (Å²) in [6, 6.07) is 0. The van der Waals surface area contributed by atoms with Crippen LogP contribution in [0.4, 0.5) is 0 Å². The van der Waals surface area contributed by atoms with Gasteiger partial charge in [0.2, 0.25) is 0 Å². The van der Waals surface area contributed by atoms with E-state index in [1.165, 1.54) is 0 Å². The Kier molecular flexibility index (Phi) is 6.68. The van der Waals surface area contributed by atoms with Crippen LogP contribution in [0.2, 0.25) is 0 Å². The van der Waals surface area contributed by atoms with Gasteiger partial charge in [-0.05, 0) is 0 Å². The van der Waals surface area contributed by atoms with Gasteiger partial charge in [-0.2, -0.15) is 0 Å². The third kappa shape index (κ3) is 4.67. The molecule has 0 saturated heterocycles. The molecule has 0 aromatic carbocycles. The molecule has 0 spiro atoms. The zero-order valence-corrected chi connectivity index (χ0v) is 8.35. The molecule has 0 amide bonds. The van der Waals surface area contributed by atoms with E-state index in [0.717, 1.165) is 6.42 Å². The Morgan fingerprint density at radius 1 is 1.36 bits per heavy atom. The first-order valence-electron chi connectivity index (χ1n) is 3.51. The second-order valence-electron chi connectivity index (χ2n) is 3.92. The maximum Gasteiger partial charge on any atom is 1.00 e. The first kappa shape index (κ1) is 14.7. The Bertz CT molecular complexity index is 105. The van der Waals surface area contributed by atoms with E-state index in [4.69, 9.17) is 0 Å². The zero-order chi connectivity index (χ0) is 7.07. The van der Waals surface area contributed by atoms with Crippen molar-refractivity contribution in [3.8, 4) is 0 Å². The summed E-state index contributed by atoms with van der Waals surface area (Å²) >= 11 is 0. The van der Waals surface area contributed by atoms with E-state index in [1.807, 2.05) is 20.8 Å². The molecule has 2 atom stereocenters. The van der Waals surface area contributed by atoms with Gasteiger partial charge >= 0.3 is 37.7 Å². The molecule has 0 radical (unpaired) electrons. The summed E-state index contributed by atoms with van der Waals surface area (Å²) in [6.07, 6.45) is 2.77. The molecule has 0 bridgehead atoms. The van der Waals surface area contributed by atoms with E-state index in [9.17, 15) is 5.11 Å². The van der Waals surface area contributed by atoms with Crippen molar-refractivity contribution >= 4 is 0 Å². The van der Waals surface area contributed by atoms with Gasteiger partial charge in [0.1, 0.15) is 0 Å². The molecule has 1 nitrogen and oxygen atoms in total. The minimum absolute atomic E-state index is 0. The van der Waals surface area contributed by atoms with E-state index < -0.39 is 0 Å². The predicted octanol–water partition coefficient (Wildman–Crippen LogP) is -5.01. The van der Waals surface area contributed by atoms with Crippen LogP contribution in [0.1, 0.15) is 27.2 Å². The van der Waals surface area contributed by atoms with Crippen LogP contribution in [0.5, 0.6) is 0 Å². The third-order valence-electron chi connectivity index (χ3n) is 1.75. The Labute approximate surface area is 93.7 Å². The smallest absolute Gasteiger partial charge is 0.853 e. The van der Waals surface area contributed by atoms with Gasteiger partial charge in [0, 0.05) is 0 Å². The van der Waals surface area contributed by atoms with Gasteiger partial charge in [-0.3, -0.25) is 0 Å². The molecule has 1 unspecified atom stereocenters. The number of hydrogen-bond donors (Lipinski definition) is 0. The van der Waals surface area contributed by atoms with Crippen molar-refractivity contribution in [2.45, 2.75) is 33.3 Å². The fourth-order valence-corrected chi connectivity index (χ4v) is 0.968. The minimum Gasteiger partial charge on any atom is -0.853 e. The Morgan fingerprint density at radius 2 is 1.73 bits per heavy atom. The quantitative estimate of drug-likeness (QED) is 0.264. The van der Waals surface area contributed by atoms with Crippen molar-refractivity contribution in [1.82, 2.24) is 0 Å². The maximum absolute atomic E-state index is 11.3. The van der Waals surface area contributed by atoms with Crippen LogP contribution in [0.25, 0.3) is 0 Å². The molecule has 1 aliphatic rings. The molecule has 1 aliphatic carbocycles. The summed E-state index contributed by atoms with van der Waals surface area (Å²) in [5.41, 5.74) is -0.0440. The molecule has 0 aromatic heterocycles. The van der Waals surface area contributed by atoms with Crippen molar-refractivity contribution in [3.63, 3.8) is 0 Å². The number of rotatable bonds is 1. The maximum atomic E-state index is 11.3. The second kappa shape index (κ2) is 5.01. The van der Waals surface area contributed by atoms with Crippen LogP contribution >= 0.6 is 0 Å². The summed E-state index contributed by atoms with van der Waals surface area (Å²) in [7, 11) is 0. The van der Waals surface area contributed by atoms with Gasteiger partial charge in [-0.25, -0.2) is 12.3 Å². The molecule has 3 heteroatoms. The topological polar surface area (TPSA) is 23.1 Å². The SMILES string of the molecule is CC(C)(C)C([O-])[C@@H]1[CH-]C1.[Li+].[Li+]. The molecular formula is C8H14Li2O. The van der Waals surface area contributed by atoms with Gasteiger partial charge in [-0.15, -0.1) is 6.10 Å². The van der Waals surface area contributed by atoms with Crippen molar-refractivity contribution in [3.05, 3.63) is 6.42 Å². The molecule has 0 N–H and O–H groups in total. The van der Waals surface area contributed by atoms with Crippen molar-refractivity contribution in [1.29, 1.82) is 0 Å². The monoisotopic (exact) mass is 140 g/mol. The van der Waals surface area contributed by atoms with Crippen molar-refractivity contribution in [2.24, 2.45) is 11.3 Å². The first-order chi connectivity index (χ1) is 4.02. The van der Waals surface area contributed by atoms with Gasteiger partial charge in [-0.1, -0.05) is 26.2 Å². The molecule has 1 fully saturated rings. The van der Waals surface area contributed by atoms with E-state index in [0.29, 0.717) is 5.92 Å².